The lowest BCUT2D eigenvalue weighted by molar-refractivity contribution is -0.124. The van der Waals surface area contributed by atoms with Gasteiger partial charge in [-0.1, -0.05) is 12.2 Å². The molecule has 0 aromatic heterocycles. The van der Waals surface area contributed by atoms with Crippen LogP contribution in [0.1, 0.15) is 0 Å². The Bertz CT molecular complexity index is 372. The van der Waals surface area contributed by atoms with E-state index in [4.69, 9.17) is 0 Å². The van der Waals surface area contributed by atoms with Crippen molar-refractivity contribution in [3.63, 3.8) is 0 Å². The van der Waals surface area contributed by atoms with E-state index in [2.05, 4.69) is 0 Å². The van der Waals surface area contributed by atoms with Gasteiger partial charge in [0.25, 0.3) is 0 Å². The Labute approximate surface area is 90.2 Å². The van der Waals surface area contributed by atoms with Crippen LogP contribution in [0.3, 0.4) is 0 Å². The molecule has 3 heterocycles. The van der Waals surface area contributed by atoms with E-state index < -0.39 is 0 Å². The smallest absolute Gasteiger partial charge is 0.169 e. The number of Topliss-reactive ketones (excluding diaryl/α,β-unsaturated/α-hetero) is 1. The molecule has 72 valence electrons. The van der Waals surface area contributed by atoms with Crippen LogP contribution in [0, 0.1) is 5.92 Å². The van der Waals surface area contributed by atoms with Crippen molar-refractivity contribution >= 4 is 35.1 Å². The minimum absolute atomic E-state index is 0.00634. The molecule has 4 bridgehead atoms. The summed E-state index contributed by atoms with van der Waals surface area (Å²) in [7, 11) is 0. The van der Waals surface area contributed by atoms with Crippen molar-refractivity contribution < 1.29 is 9.59 Å². The molecule has 0 saturated carbocycles. The summed E-state index contributed by atoms with van der Waals surface area (Å²) >= 11 is 3.14. The molecule has 0 amide bonds. The average molecular weight is 224 g/mol. The molecule has 4 heteroatoms. The first kappa shape index (κ1) is 8.80. The summed E-state index contributed by atoms with van der Waals surface area (Å²) in [6.07, 6.45) is 5.50. The zero-order valence-corrected chi connectivity index (χ0v) is 8.88. The normalized spacial score (nSPS) is 44.3. The van der Waals surface area contributed by atoms with Crippen LogP contribution >= 0.6 is 23.5 Å². The summed E-state index contributed by atoms with van der Waals surface area (Å²) in [5, 5.41) is 1.90. The van der Waals surface area contributed by atoms with Gasteiger partial charge in [-0.15, -0.1) is 23.5 Å². The molecule has 0 spiro atoms. The minimum atomic E-state index is -0.135. The van der Waals surface area contributed by atoms with Gasteiger partial charge in [0.1, 0.15) is 0 Å². The summed E-state index contributed by atoms with van der Waals surface area (Å²) in [5.74, 6) is 0.349. The van der Waals surface area contributed by atoms with Crippen LogP contribution in [0.4, 0.5) is 0 Å². The van der Waals surface area contributed by atoms with Gasteiger partial charge in [0.15, 0.2) is 11.6 Å². The van der Waals surface area contributed by atoms with E-state index in [9.17, 15) is 9.59 Å². The second-order valence-electron chi connectivity index (χ2n) is 3.60. The molecule has 0 aliphatic carbocycles. The van der Waals surface area contributed by atoms with E-state index >= 15 is 0 Å². The van der Waals surface area contributed by atoms with Gasteiger partial charge in [0.05, 0.1) is 16.4 Å². The van der Waals surface area contributed by atoms with Crippen LogP contribution in [0.25, 0.3) is 0 Å². The van der Waals surface area contributed by atoms with Gasteiger partial charge in [0, 0.05) is 5.25 Å². The first-order chi connectivity index (χ1) is 6.77. The number of carbonyl (C=O) groups excluding carboxylic acids is 2. The van der Waals surface area contributed by atoms with Crippen LogP contribution in [-0.2, 0) is 9.59 Å². The lowest BCUT2D eigenvalue weighted by atomic mass is 9.91. The van der Waals surface area contributed by atoms with Crippen LogP contribution in [0.15, 0.2) is 23.6 Å². The first-order valence-electron chi connectivity index (χ1n) is 4.51. The van der Waals surface area contributed by atoms with E-state index in [0.29, 0.717) is 0 Å². The van der Waals surface area contributed by atoms with E-state index in [1.807, 2.05) is 17.6 Å². The van der Waals surface area contributed by atoms with Crippen LogP contribution in [-0.4, -0.2) is 27.3 Å². The maximum absolute atomic E-state index is 11.9. The van der Waals surface area contributed by atoms with Crippen molar-refractivity contribution in [2.24, 2.45) is 5.92 Å². The number of ketones is 2. The van der Waals surface area contributed by atoms with E-state index in [-0.39, 0.29) is 33.2 Å². The summed E-state index contributed by atoms with van der Waals surface area (Å²) in [4.78, 5) is 23.4. The molecular formula is C10H8O2S2. The number of fused-ring (bicyclic) bond motifs is 6. The Morgan fingerprint density at radius 3 is 2.86 bits per heavy atom. The van der Waals surface area contributed by atoms with Crippen molar-refractivity contribution in [1.82, 2.24) is 0 Å². The van der Waals surface area contributed by atoms with Gasteiger partial charge in [-0.2, -0.15) is 0 Å². The molecule has 0 N–H and O–H groups in total. The number of carbonyl (C=O) groups is 2. The highest BCUT2D eigenvalue weighted by Crippen LogP contribution is 2.46. The topological polar surface area (TPSA) is 34.1 Å². The number of thioether (sulfide) groups is 2. The summed E-state index contributed by atoms with van der Waals surface area (Å²) in [5.41, 5.74) is 0. The van der Waals surface area contributed by atoms with E-state index in [1.54, 1.807) is 17.8 Å². The first-order valence-corrected chi connectivity index (χ1v) is 6.39. The molecule has 4 atom stereocenters. The maximum atomic E-state index is 11.9. The Balaban J connectivity index is 2.10. The quantitative estimate of drug-likeness (QED) is 0.623. The lowest BCUT2D eigenvalue weighted by Gasteiger charge is -2.40. The fraction of sp³-hybridized carbons (Fsp3) is 0.400. The summed E-state index contributed by atoms with van der Waals surface area (Å²) < 4.78 is 0. The Morgan fingerprint density at radius 2 is 2.00 bits per heavy atom. The molecular weight excluding hydrogens is 216 g/mol. The standard InChI is InChI=1S/C10H8O2S2/c11-6-1-2-7-5-3-4-13-10(8(5)12)9(6)14-7/h1-5,7,9-10H/t5-,7+,9-,10-/m0/s1. The van der Waals surface area contributed by atoms with Gasteiger partial charge >= 0.3 is 0 Å². The molecule has 2 nitrogen and oxygen atoms in total. The molecule has 3 rings (SSSR count). The largest absolute Gasteiger partial charge is 0.298 e. The lowest BCUT2D eigenvalue weighted by Crippen LogP contribution is -2.49. The number of allylic oxidation sites excluding steroid dienone is 2. The van der Waals surface area contributed by atoms with Gasteiger partial charge < -0.3 is 0 Å². The Morgan fingerprint density at radius 1 is 1.14 bits per heavy atom. The third kappa shape index (κ3) is 1.07. The van der Waals surface area contributed by atoms with Gasteiger partial charge in [-0.05, 0) is 11.5 Å². The number of rotatable bonds is 0. The van der Waals surface area contributed by atoms with Crippen LogP contribution in [0.5, 0.6) is 0 Å². The minimum Gasteiger partial charge on any atom is -0.298 e. The molecule has 0 aromatic rings. The molecule has 0 radical (unpaired) electrons. The van der Waals surface area contributed by atoms with Crippen molar-refractivity contribution in [3.8, 4) is 0 Å². The third-order valence-electron chi connectivity index (χ3n) is 2.78. The summed E-state index contributed by atoms with van der Waals surface area (Å²) in [6, 6.07) is 0. The predicted octanol–water partition coefficient (Wildman–Crippen LogP) is 1.42. The second kappa shape index (κ2) is 3.00. The molecule has 14 heavy (non-hydrogen) atoms. The number of hydrogen-bond acceptors (Lipinski definition) is 4. The molecule has 0 aromatic carbocycles. The molecule has 3 aliphatic heterocycles. The highest BCUT2D eigenvalue weighted by Gasteiger charge is 2.48. The summed E-state index contributed by atoms with van der Waals surface area (Å²) in [6.45, 7) is 0. The second-order valence-corrected chi connectivity index (χ2v) is 5.97. The SMILES string of the molecule is O=C1C=C[C@H]2S[C@@H]1[C@H]1SC=C[C@@H]2C1=O. The third-order valence-corrected chi connectivity index (χ3v) is 5.63. The van der Waals surface area contributed by atoms with Gasteiger partial charge in [-0.3, -0.25) is 9.59 Å². The van der Waals surface area contributed by atoms with Crippen LogP contribution in [0.2, 0.25) is 0 Å². The predicted molar refractivity (Wildman–Crippen MR) is 58.3 cm³/mol. The van der Waals surface area contributed by atoms with Crippen molar-refractivity contribution in [3.05, 3.63) is 23.6 Å². The van der Waals surface area contributed by atoms with Crippen molar-refractivity contribution in [2.75, 3.05) is 0 Å². The fourth-order valence-corrected chi connectivity index (χ4v) is 4.82. The Kier molecular flexibility index (Phi) is 1.89. The average Bonchev–Trinajstić information content (AvgIpc) is 2.17. The highest BCUT2D eigenvalue weighted by atomic mass is 32.2. The fourth-order valence-electron chi connectivity index (χ4n) is 2.05. The molecule has 3 aliphatic rings. The molecule has 1 fully saturated rings. The van der Waals surface area contributed by atoms with Crippen molar-refractivity contribution in [2.45, 2.75) is 15.7 Å². The zero-order chi connectivity index (χ0) is 9.71. The van der Waals surface area contributed by atoms with Gasteiger partial charge in [0.2, 0.25) is 0 Å². The highest BCUT2D eigenvalue weighted by molar-refractivity contribution is 8.07. The monoisotopic (exact) mass is 224 g/mol. The van der Waals surface area contributed by atoms with E-state index in [0.717, 1.165) is 0 Å². The maximum Gasteiger partial charge on any atom is 0.169 e. The van der Waals surface area contributed by atoms with E-state index in [1.165, 1.54) is 11.8 Å². The Hall–Kier alpha value is -0.480. The number of hydrogen-bond donors (Lipinski definition) is 0. The molecule has 1 saturated heterocycles. The molecule has 0 unspecified atom stereocenters. The van der Waals surface area contributed by atoms with Crippen molar-refractivity contribution in [1.29, 1.82) is 0 Å². The van der Waals surface area contributed by atoms with Gasteiger partial charge in [-0.25, -0.2) is 0 Å². The van der Waals surface area contributed by atoms with Crippen LogP contribution < -0.4 is 0 Å². The zero-order valence-electron chi connectivity index (χ0n) is 7.25.